The number of benzene rings is 1. The van der Waals surface area contributed by atoms with Crippen molar-refractivity contribution in [2.75, 3.05) is 6.54 Å². The van der Waals surface area contributed by atoms with Gasteiger partial charge in [0.1, 0.15) is 6.04 Å². The molecule has 134 valence electrons. The molecule has 0 saturated carbocycles. The number of rotatable bonds is 7. The number of thiazole rings is 1. The van der Waals surface area contributed by atoms with Gasteiger partial charge >= 0.3 is 0 Å². The number of unbranched alkanes of at least 4 members (excludes halogenated alkanes) is 1. The summed E-state index contributed by atoms with van der Waals surface area (Å²) < 4.78 is 0. The molecule has 1 atom stereocenters. The number of carbonyl (C=O) groups is 1. The molecule has 24 heavy (non-hydrogen) atoms. The second-order valence-electron chi connectivity index (χ2n) is 5.52. The Balaban J connectivity index is 0.00000264. The molecule has 0 bridgehead atoms. The van der Waals surface area contributed by atoms with Gasteiger partial charge in [-0.25, -0.2) is 4.98 Å². The highest BCUT2D eigenvalue weighted by Gasteiger charge is 2.14. The van der Waals surface area contributed by atoms with Gasteiger partial charge in [-0.2, -0.15) is 0 Å². The molecular formula is C17H25Cl2N3OS. The van der Waals surface area contributed by atoms with Gasteiger partial charge in [0.25, 0.3) is 0 Å². The predicted octanol–water partition coefficient (Wildman–Crippen LogP) is 3.74. The molecule has 0 aliphatic heterocycles. The lowest BCUT2D eigenvalue weighted by Gasteiger charge is -2.12. The molecule has 2 aromatic rings. The SMILES string of the molecule is Cc1ccc(C(N)C(=O)NCCCCc2nc(C)cs2)cc1.Cl.Cl. The Hall–Kier alpha value is -1.14. The molecule has 1 aromatic heterocycles. The van der Waals surface area contributed by atoms with Crippen LogP contribution in [0.15, 0.2) is 29.6 Å². The van der Waals surface area contributed by atoms with Crippen LogP contribution in [-0.4, -0.2) is 17.4 Å². The van der Waals surface area contributed by atoms with Crippen molar-refractivity contribution in [3.63, 3.8) is 0 Å². The first-order valence-electron chi connectivity index (χ1n) is 7.57. The van der Waals surface area contributed by atoms with E-state index >= 15 is 0 Å². The van der Waals surface area contributed by atoms with E-state index in [4.69, 9.17) is 5.73 Å². The fourth-order valence-electron chi connectivity index (χ4n) is 2.17. The van der Waals surface area contributed by atoms with E-state index in [-0.39, 0.29) is 30.7 Å². The number of aromatic nitrogens is 1. The molecule has 4 nitrogen and oxygen atoms in total. The highest BCUT2D eigenvalue weighted by atomic mass is 35.5. The van der Waals surface area contributed by atoms with E-state index in [1.54, 1.807) is 11.3 Å². The smallest absolute Gasteiger partial charge is 0.241 e. The Morgan fingerprint density at radius 3 is 2.46 bits per heavy atom. The molecule has 7 heteroatoms. The molecule has 0 spiro atoms. The monoisotopic (exact) mass is 389 g/mol. The standard InChI is InChI=1S/C17H23N3OS.2ClH/c1-12-6-8-14(9-7-12)16(18)17(21)19-10-4-3-5-15-20-13(2)11-22-15;;/h6-9,11,16H,3-5,10,18H2,1-2H3,(H,19,21);2*1H. The maximum absolute atomic E-state index is 12.0. The summed E-state index contributed by atoms with van der Waals surface area (Å²) in [6.07, 6.45) is 2.93. The first-order chi connectivity index (χ1) is 10.6. The molecule has 0 aliphatic carbocycles. The maximum atomic E-state index is 12.0. The van der Waals surface area contributed by atoms with Crippen LogP contribution in [0.2, 0.25) is 0 Å². The number of hydrogen-bond donors (Lipinski definition) is 2. The maximum Gasteiger partial charge on any atom is 0.241 e. The van der Waals surface area contributed by atoms with Gasteiger partial charge in [-0.15, -0.1) is 36.2 Å². The van der Waals surface area contributed by atoms with Gasteiger partial charge in [-0.05, 0) is 38.7 Å². The number of nitrogens with zero attached hydrogens (tertiary/aromatic N) is 1. The van der Waals surface area contributed by atoms with E-state index in [1.165, 1.54) is 5.01 Å². The number of hydrogen-bond acceptors (Lipinski definition) is 4. The van der Waals surface area contributed by atoms with Gasteiger partial charge in [0.2, 0.25) is 5.91 Å². The quantitative estimate of drug-likeness (QED) is 0.708. The largest absolute Gasteiger partial charge is 0.354 e. The minimum atomic E-state index is -0.595. The van der Waals surface area contributed by atoms with E-state index in [2.05, 4.69) is 15.7 Å². The fraction of sp³-hybridized carbons (Fsp3) is 0.412. The topological polar surface area (TPSA) is 68.0 Å². The zero-order chi connectivity index (χ0) is 15.9. The lowest BCUT2D eigenvalue weighted by Crippen LogP contribution is -2.34. The van der Waals surface area contributed by atoms with Crippen molar-refractivity contribution < 1.29 is 4.79 Å². The zero-order valence-corrected chi connectivity index (χ0v) is 16.4. The number of nitrogens with one attached hydrogen (secondary N) is 1. The average Bonchev–Trinajstić information content (AvgIpc) is 2.92. The molecule has 0 aliphatic rings. The molecule has 3 N–H and O–H groups in total. The molecule has 1 unspecified atom stereocenters. The highest BCUT2D eigenvalue weighted by molar-refractivity contribution is 7.09. The summed E-state index contributed by atoms with van der Waals surface area (Å²) in [7, 11) is 0. The van der Waals surface area contributed by atoms with Crippen molar-refractivity contribution in [3.05, 3.63) is 51.5 Å². The predicted molar refractivity (Wildman–Crippen MR) is 105 cm³/mol. The van der Waals surface area contributed by atoms with Crippen LogP contribution >= 0.6 is 36.2 Å². The summed E-state index contributed by atoms with van der Waals surface area (Å²) in [4.78, 5) is 16.4. The minimum absolute atomic E-state index is 0. The third kappa shape index (κ3) is 7.18. The normalized spacial score (nSPS) is 11.1. The van der Waals surface area contributed by atoms with Crippen LogP contribution < -0.4 is 11.1 Å². The zero-order valence-electron chi connectivity index (χ0n) is 14.0. The molecular weight excluding hydrogens is 365 g/mol. The summed E-state index contributed by atoms with van der Waals surface area (Å²) >= 11 is 1.70. The van der Waals surface area contributed by atoms with Crippen LogP contribution in [0.4, 0.5) is 0 Å². The van der Waals surface area contributed by atoms with Crippen molar-refractivity contribution in [1.29, 1.82) is 0 Å². The first-order valence-corrected chi connectivity index (χ1v) is 8.45. The Kier molecular flexibility index (Phi) is 10.9. The van der Waals surface area contributed by atoms with Crippen LogP contribution in [0.5, 0.6) is 0 Å². The van der Waals surface area contributed by atoms with E-state index in [0.29, 0.717) is 6.54 Å². The Morgan fingerprint density at radius 1 is 1.21 bits per heavy atom. The van der Waals surface area contributed by atoms with Crippen molar-refractivity contribution >= 4 is 42.1 Å². The number of amides is 1. The van der Waals surface area contributed by atoms with E-state index < -0.39 is 6.04 Å². The number of carbonyl (C=O) groups excluding carboxylic acids is 1. The summed E-state index contributed by atoms with van der Waals surface area (Å²) in [5.41, 5.74) is 9.07. The van der Waals surface area contributed by atoms with Crippen LogP contribution in [0.3, 0.4) is 0 Å². The second kappa shape index (κ2) is 11.4. The Bertz CT molecular complexity index is 617. The van der Waals surface area contributed by atoms with Gasteiger partial charge in [0.05, 0.1) is 5.01 Å². The summed E-state index contributed by atoms with van der Waals surface area (Å²) in [6, 6.07) is 7.16. The van der Waals surface area contributed by atoms with Crippen LogP contribution in [0.25, 0.3) is 0 Å². The minimum Gasteiger partial charge on any atom is -0.354 e. The number of nitrogens with two attached hydrogens (primary N) is 1. The summed E-state index contributed by atoms with van der Waals surface area (Å²) in [5.74, 6) is -0.117. The number of aryl methyl sites for hydroxylation is 3. The molecule has 1 heterocycles. The highest BCUT2D eigenvalue weighted by Crippen LogP contribution is 2.13. The van der Waals surface area contributed by atoms with Crippen molar-refractivity contribution in [2.45, 2.75) is 39.2 Å². The van der Waals surface area contributed by atoms with Crippen LogP contribution in [0, 0.1) is 13.8 Å². The van der Waals surface area contributed by atoms with Crippen molar-refractivity contribution in [3.8, 4) is 0 Å². The van der Waals surface area contributed by atoms with Crippen molar-refractivity contribution in [1.82, 2.24) is 10.3 Å². The molecule has 0 saturated heterocycles. The second-order valence-corrected chi connectivity index (χ2v) is 6.46. The average molecular weight is 390 g/mol. The van der Waals surface area contributed by atoms with Gasteiger partial charge in [0.15, 0.2) is 0 Å². The van der Waals surface area contributed by atoms with Gasteiger partial charge in [0, 0.05) is 17.6 Å². The third-order valence-electron chi connectivity index (χ3n) is 3.50. The molecule has 1 amide bonds. The first kappa shape index (κ1) is 22.9. The Labute approximate surface area is 160 Å². The van der Waals surface area contributed by atoms with E-state index in [9.17, 15) is 4.79 Å². The lowest BCUT2D eigenvalue weighted by atomic mass is 10.1. The summed E-state index contributed by atoms with van der Waals surface area (Å²) in [5, 5.41) is 6.14. The van der Waals surface area contributed by atoms with Gasteiger partial charge in [-0.3, -0.25) is 4.79 Å². The Morgan fingerprint density at radius 2 is 1.88 bits per heavy atom. The van der Waals surface area contributed by atoms with Crippen molar-refractivity contribution in [2.24, 2.45) is 5.73 Å². The van der Waals surface area contributed by atoms with Crippen LogP contribution in [-0.2, 0) is 11.2 Å². The third-order valence-corrected chi connectivity index (χ3v) is 4.53. The van der Waals surface area contributed by atoms with Gasteiger partial charge < -0.3 is 11.1 Å². The lowest BCUT2D eigenvalue weighted by molar-refractivity contribution is -0.122. The fourth-order valence-corrected chi connectivity index (χ4v) is 2.98. The molecule has 1 aromatic carbocycles. The summed E-state index contributed by atoms with van der Waals surface area (Å²) in [6.45, 7) is 4.68. The molecule has 0 fully saturated rings. The van der Waals surface area contributed by atoms with Crippen LogP contribution in [0.1, 0.15) is 40.7 Å². The number of halogens is 2. The van der Waals surface area contributed by atoms with Gasteiger partial charge in [-0.1, -0.05) is 29.8 Å². The molecule has 0 radical (unpaired) electrons. The molecule has 2 rings (SSSR count). The van der Waals surface area contributed by atoms with E-state index in [1.807, 2.05) is 38.1 Å². The van der Waals surface area contributed by atoms with E-state index in [0.717, 1.165) is 36.1 Å².